The first-order valence-electron chi connectivity index (χ1n) is 5.44. The number of aromatic nitrogens is 3. The fourth-order valence-electron chi connectivity index (χ4n) is 1.48. The normalized spacial score (nSPS) is 9.82. The number of imidazole rings is 1. The quantitative estimate of drug-likeness (QED) is 0.789. The summed E-state index contributed by atoms with van der Waals surface area (Å²) < 4.78 is 2.04. The van der Waals surface area contributed by atoms with Crippen LogP contribution >= 0.6 is 0 Å². The summed E-state index contributed by atoms with van der Waals surface area (Å²) in [5.74, 6) is 0. The molecule has 0 radical (unpaired) electrons. The van der Waals surface area contributed by atoms with Crippen molar-refractivity contribution in [2.45, 2.75) is 13.0 Å². The van der Waals surface area contributed by atoms with Crippen LogP contribution < -0.4 is 5.32 Å². The van der Waals surface area contributed by atoms with E-state index in [2.05, 4.69) is 15.3 Å². The maximum Gasteiger partial charge on any atom is 0.140 e. The Morgan fingerprint density at radius 3 is 3.00 bits per heavy atom. The van der Waals surface area contributed by atoms with Gasteiger partial charge in [0.1, 0.15) is 11.8 Å². The van der Waals surface area contributed by atoms with E-state index in [9.17, 15) is 0 Å². The van der Waals surface area contributed by atoms with Crippen LogP contribution in [0.25, 0.3) is 0 Å². The molecule has 2 aromatic rings. The Kier molecular flexibility index (Phi) is 3.71. The van der Waals surface area contributed by atoms with Crippen LogP contribution in [0.3, 0.4) is 0 Å². The van der Waals surface area contributed by atoms with Crippen LogP contribution in [0, 0.1) is 11.3 Å². The van der Waals surface area contributed by atoms with Gasteiger partial charge in [-0.1, -0.05) is 0 Å². The number of nitrogens with zero attached hydrogens (tertiary/aromatic N) is 4. The third-order valence-electron chi connectivity index (χ3n) is 2.36. The van der Waals surface area contributed by atoms with Crippen molar-refractivity contribution in [2.75, 3.05) is 11.9 Å². The number of rotatable bonds is 5. The van der Waals surface area contributed by atoms with Crippen LogP contribution in [0.5, 0.6) is 0 Å². The van der Waals surface area contributed by atoms with Gasteiger partial charge < -0.3 is 9.88 Å². The summed E-state index contributed by atoms with van der Waals surface area (Å²) in [6, 6.07) is 5.56. The van der Waals surface area contributed by atoms with E-state index in [1.165, 1.54) is 0 Å². The summed E-state index contributed by atoms with van der Waals surface area (Å²) >= 11 is 0. The lowest BCUT2D eigenvalue weighted by atomic mass is 10.3. The predicted molar refractivity (Wildman–Crippen MR) is 64.3 cm³/mol. The van der Waals surface area contributed by atoms with Gasteiger partial charge in [-0.05, 0) is 18.6 Å². The average Bonchev–Trinajstić information content (AvgIpc) is 2.88. The Labute approximate surface area is 99.7 Å². The van der Waals surface area contributed by atoms with Gasteiger partial charge in [-0.15, -0.1) is 0 Å². The maximum atomic E-state index is 8.61. The second kappa shape index (κ2) is 5.66. The molecule has 0 unspecified atom stereocenters. The highest BCUT2D eigenvalue weighted by molar-refractivity contribution is 5.42. The first-order valence-corrected chi connectivity index (χ1v) is 5.44. The molecule has 86 valence electrons. The number of nitrogens with one attached hydrogen (secondary N) is 1. The minimum Gasteiger partial charge on any atom is -0.384 e. The van der Waals surface area contributed by atoms with E-state index >= 15 is 0 Å². The summed E-state index contributed by atoms with van der Waals surface area (Å²) in [5.41, 5.74) is 1.38. The average molecular weight is 227 g/mol. The van der Waals surface area contributed by atoms with Crippen LogP contribution in [0.15, 0.2) is 37.1 Å². The summed E-state index contributed by atoms with van der Waals surface area (Å²) in [6.45, 7) is 1.81. The number of anilines is 1. The zero-order chi connectivity index (χ0) is 11.9. The summed E-state index contributed by atoms with van der Waals surface area (Å²) in [7, 11) is 0. The van der Waals surface area contributed by atoms with Gasteiger partial charge in [0.2, 0.25) is 0 Å². The van der Waals surface area contributed by atoms with Gasteiger partial charge in [0.15, 0.2) is 0 Å². The SMILES string of the molecule is N#Cc1ccc(NCCCn2ccnc2)cn1. The Morgan fingerprint density at radius 1 is 1.41 bits per heavy atom. The van der Waals surface area contributed by atoms with Crippen molar-refractivity contribution in [1.29, 1.82) is 5.26 Å². The molecule has 2 aromatic heterocycles. The first kappa shape index (κ1) is 11.1. The maximum absolute atomic E-state index is 8.61. The Bertz CT molecular complexity index is 481. The van der Waals surface area contributed by atoms with E-state index < -0.39 is 0 Å². The number of hydrogen-bond acceptors (Lipinski definition) is 4. The third-order valence-corrected chi connectivity index (χ3v) is 2.36. The predicted octanol–water partition coefficient (Wildman–Crippen LogP) is 1.65. The first-order chi connectivity index (χ1) is 8.38. The van der Waals surface area contributed by atoms with Gasteiger partial charge >= 0.3 is 0 Å². The molecule has 2 rings (SSSR count). The summed E-state index contributed by atoms with van der Waals surface area (Å²) in [6.07, 6.45) is 8.22. The van der Waals surface area contributed by atoms with E-state index in [4.69, 9.17) is 5.26 Å². The van der Waals surface area contributed by atoms with Crippen LogP contribution in [0.2, 0.25) is 0 Å². The van der Waals surface area contributed by atoms with E-state index in [0.29, 0.717) is 5.69 Å². The molecule has 17 heavy (non-hydrogen) atoms. The number of nitriles is 1. The summed E-state index contributed by atoms with van der Waals surface area (Å²) in [4.78, 5) is 7.97. The largest absolute Gasteiger partial charge is 0.384 e. The molecule has 2 heterocycles. The van der Waals surface area contributed by atoms with E-state index in [0.717, 1.165) is 25.2 Å². The number of aryl methyl sites for hydroxylation is 1. The van der Waals surface area contributed by atoms with E-state index in [1.807, 2.05) is 29.2 Å². The van der Waals surface area contributed by atoms with Gasteiger partial charge in [0.25, 0.3) is 0 Å². The molecule has 5 nitrogen and oxygen atoms in total. The molecular formula is C12H13N5. The molecule has 0 saturated heterocycles. The van der Waals surface area contributed by atoms with Gasteiger partial charge in [0, 0.05) is 25.5 Å². The van der Waals surface area contributed by atoms with Crippen LogP contribution in [-0.4, -0.2) is 21.1 Å². The molecule has 0 aliphatic rings. The number of pyridine rings is 1. The van der Waals surface area contributed by atoms with Crippen molar-refractivity contribution < 1.29 is 0 Å². The highest BCUT2D eigenvalue weighted by Gasteiger charge is 1.94. The van der Waals surface area contributed by atoms with Crippen LogP contribution in [0.4, 0.5) is 5.69 Å². The molecule has 0 saturated carbocycles. The zero-order valence-electron chi connectivity index (χ0n) is 9.37. The van der Waals surface area contributed by atoms with E-state index in [-0.39, 0.29) is 0 Å². The Morgan fingerprint density at radius 2 is 2.35 bits per heavy atom. The third kappa shape index (κ3) is 3.31. The second-order valence-electron chi connectivity index (χ2n) is 3.62. The highest BCUT2D eigenvalue weighted by Crippen LogP contribution is 2.05. The van der Waals surface area contributed by atoms with Crippen LogP contribution in [0.1, 0.15) is 12.1 Å². The lowest BCUT2D eigenvalue weighted by molar-refractivity contribution is 0.660. The molecule has 1 N–H and O–H groups in total. The van der Waals surface area contributed by atoms with Crippen molar-refractivity contribution in [3.05, 3.63) is 42.7 Å². The van der Waals surface area contributed by atoms with Crippen LogP contribution in [-0.2, 0) is 6.54 Å². The molecule has 5 heteroatoms. The number of hydrogen-bond donors (Lipinski definition) is 1. The van der Waals surface area contributed by atoms with Gasteiger partial charge in [-0.2, -0.15) is 5.26 Å². The molecule has 0 fully saturated rings. The molecule has 0 amide bonds. The minimum atomic E-state index is 0.439. The van der Waals surface area contributed by atoms with Crippen molar-refractivity contribution in [3.8, 4) is 6.07 Å². The standard InChI is InChI=1S/C12H13N5/c13-8-11-2-3-12(9-16-11)15-4-1-6-17-7-5-14-10-17/h2-3,5,7,9-10,15H,1,4,6H2. The Hall–Kier alpha value is -2.35. The molecule has 0 aliphatic carbocycles. The fourth-order valence-corrected chi connectivity index (χ4v) is 1.48. The molecule has 0 spiro atoms. The lowest BCUT2D eigenvalue weighted by Gasteiger charge is -2.06. The minimum absolute atomic E-state index is 0.439. The summed E-state index contributed by atoms with van der Waals surface area (Å²) in [5, 5.41) is 11.9. The van der Waals surface area contributed by atoms with Crippen molar-refractivity contribution in [2.24, 2.45) is 0 Å². The zero-order valence-corrected chi connectivity index (χ0v) is 9.37. The second-order valence-corrected chi connectivity index (χ2v) is 3.62. The van der Waals surface area contributed by atoms with Gasteiger partial charge in [0.05, 0.1) is 18.2 Å². The van der Waals surface area contributed by atoms with Gasteiger partial charge in [-0.25, -0.2) is 9.97 Å². The smallest absolute Gasteiger partial charge is 0.140 e. The van der Waals surface area contributed by atoms with E-state index in [1.54, 1.807) is 18.5 Å². The molecular weight excluding hydrogens is 214 g/mol. The topological polar surface area (TPSA) is 66.5 Å². The molecule has 0 bridgehead atoms. The fraction of sp³-hybridized carbons (Fsp3) is 0.250. The highest BCUT2D eigenvalue weighted by atomic mass is 15.0. The van der Waals surface area contributed by atoms with Crippen molar-refractivity contribution in [3.63, 3.8) is 0 Å². The monoisotopic (exact) mass is 227 g/mol. The lowest BCUT2D eigenvalue weighted by Crippen LogP contribution is -2.05. The van der Waals surface area contributed by atoms with Crippen molar-refractivity contribution >= 4 is 5.69 Å². The Balaban J connectivity index is 1.73. The van der Waals surface area contributed by atoms with Gasteiger partial charge in [-0.3, -0.25) is 0 Å². The van der Waals surface area contributed by atoms with Crippen molar-refractivity contribution in [1.82, 2.24) is 14.5 Å². The molecule has 0 aliphatic heterocycles. The molecule has 0 atom stereocenters. The molecule has 0 aromatic carbocycles.